The molecule has 0 saturated carbocycles. The Balaban J connectivity index is 1.60. The third-order valence-electron chi connectivity index (χ3n) is 5.23. The summed E-state index contributed by atoms with van der Waals surface area (Å²) in [7, 11) is 1.65. The first-order valence-electron chi connectivity index (χ1n) is 11.2. The van der Waals surface area contributed by atoms with Crippen LogP contribution in [0, 0.1) is 6.92 Å². The fourth-order valence-electron chi connectivity index (χ4n) is 3.38. The molecule has 172 valence electrons. The van der Waals surface area contributed by atoms with Crippen molar-refractivity contribution in [3.63, 3.8) is 0 Å². The first kappa shape index (κ1) is 23.8. The maximum Gasteiger partial charge on any atom is 0.254 e. The third kappa shape index (κ3) is 6.83. The maximum atomic E-state index is 12.5. The lowest BCUT2D eigenvalue weighted by Crippen LogP contribution is -2.25. The molecule has 0 atom stereocenters. The van der Waals surface area contributed by atoms with Gasteiger partial charge in [0.2, 0.25) is 11.9 Å². The summed E-state index contributed by atoms with van der Waals surface area (Å²) in [5.41, 5.74) is 2.39. The van der Waals surface area contributed by atoms with E-state index < -0.39 is 0 Å². The predicted molar refractivity (Wildman–Crippen MR) is 129 cm³/mol. The van der Waals surface area contributed by atoms with Crippen LogP contribution >= 0.6 is 0 Å². The molecule has 33 heavy (non-hydrogen) atoms. The molecule has 2 N–H and O–H groups in total. The number of unbranched alkanes of at least 4 members (excludes halogenated alkanes) is 3. The number of para-hydroxylation sites is 1. The zero-order valence-electron chi connectivity index (χ0n) is 19.1. The summed E-state index contributed by atoms with van der Waals surface area (Å²) in [6, 6.07) is 13.6. The molecular weight excluding hydrogens is 416 g/mol. The Bertz CT molecular complexity index is 1040. The Kier molecular flexibility index (Phi) is 8.88. The van der Waals surface area contributed by atoms with Crippen LogP contribution in [0.2, 0.25) is 0 Å². The molecule has 0 spiro atoms. The molecular formula is C25H30N6O2. The number of benzene rings is 1. The second kappa shape index (κ2) is 12.3. The highest BCUT2D eigenvalue weighted by Crippen LogP contribution is 2.32. The second-order valence-electron chi connectivity index (χ2n) is 7.67. The van der Waals surface area contributed by atoms with Crippen molar-refractivity contribution in [1.29, 1.82) is 0 Å². The van der Waals surface area contributed by atoms with Gasteiger partial charge in [-0.3, -0.25) is 14.5 Å². The van der Waals surface area contributed by atoms with E-state index in [-0.39, 0.29) is 11.8 Å². The molecule has 0 aliphatic heterocycles. The number of aromatic nitrogens is 3. The standard InChI is InChI=1S/C25H30N6O2/c1-19-11-6-7-12-21(19)31(22-13-8-10-15-27-22)25-29-17-20(18-30-25)24(33)28-16-9-4-3-5-14-23(32)26-2/h6-8,10-13,15,17-18H,3-5,9,14,16H2,1-2H3,(H,26,32)(H,28,33). The fourth-order valence-corrected chi connectivity index (χ4v) is 3.38. The Labute approximate surface area is 194 Å². The van der Waals surface area contributed by atoms with Crippen LogP contribution in [0.4, 0.5) is 17.5 Å². The molecule has 0 saturated heterocycles. The average molecular weight is 447 g/mol. The summed E-state index contributed by atoms with van der Waals surface area (Å²) >= 11 is 0. The largest absolute Gasteiger partial charge is 0.359 e. The van der Waals surface area contributed by atoms with Gasteiger partial charge in [-0.25, -0.2) is 15.0 Å². The molecule has 2 heterocycles. The van der Waals surface area contributed by atoms with Crippen molar-refractivity contribution in [3.05, 3.63) is 72.2 Å². The van der Waals surface area contributed by atoms with Crippen molar-refractivity contribution < 1.29 is 9.59 Å². The lowest BCUT2D eigenvalue weighted by molar-refractivity contribution is -0.120. The van der Waals surface area contributed by atoms with Gasteiger partial charge in [0.25, 0.3) is 5.91 Å². The van der Waals surface area contributed by atoms with Crippen LogP contribution in [0.25, 0.3) is 0 Å². The lowest BCUT2D eigenvalue weighted by atomic mass is 10.1. The molecule has 2 aromatic heterocycles. The van der Waals surface area contributed by atoms with Gasteiger partial charge in [-0.1, -0.05) is 37.1 Å². The molecule has 0 radical (unpaired) electrons. The first-order valence-corrected chi connectivity index (χ1v) is 11.2. The van der Waals surface area contributed by atoms with E-state index in [9.17, 15) is 9.59 Å². The number of pyridine rings is 1. The van der Waals surface area contributed by atoms with Crippen LogP contribution in [0.3, 0.4) is 0 Å². The monoisotopic (exact) mass is 446 g/mol. The van der Waals surface area contributed by atoms with Crippen molar-refractivity contribution in [3.8, 4) is 0 Å². The van der Waals surface area contributed by atoms with Crippen molar-refractivity contribution in [1.82, 2.24) is 25.6 Å². The summed E-state index contributed by atoms with van der Waals surface area (Å²) in [5.74, 6) is 0.999. The van der Waals surface area contributed by atoms with Gasteiger partial charge in [-0.15, -0.1) is 0 Å². The van der Waals surface area contributed by atoms with Gasteiger partial charge in [0.05, 0.1) is 11.3 Å². The number of hydrogen-bond donors (Lipinski definition) is 2. The topological polar surface area (TPSA) is 100 Å². The average Bonchev–Trinajstić information content (AvgIpc) is 2.85. The fraction of sp³-hybridized carbons (Fsp3) is 0.320. The lowest BCUT2D eigenvalue weighted by Gasteiger charge is -2.23. The van der Waals surface area contributed by atoms with Crippen LogP contribution in [0.5, 0.6) is 0 Å². The molecule has 0 unspecified atom stereocenters. The van der Waals surface area contributed by atoms with E-state index in [1.165, 1.54) is 12.4 Å². The molecule has 2 amide bonds. The van der Waals surface area contributed by atoms with E-state index in [1.54, 1.807) is 13.2 Å². The van der Waals surface area contributed by atoms with Crippen LogP contribution < -0.4 is 15.5 Å². The van der Waals surface area contributed by atoms with Gasteiger partial charge in [0, 0.05) is 38.6 Å². The number of rotatable bonds is 11. The SMILES string of the molecule is CNC(=O)CCCCCCNC(=O)c1cnc(N(c2ccccn2)c2ccccc2C)nc1. The van der Waals surface area contributed by atoms with E-state index in [0.29, 0.717) is 30.3 Å². The maximum absolute atomic E-state index is 12.5. The summed E-state index contributed by atoms with van der Waals surface area (Å²) < 4.78 is 0. The third-order valence-corrected chi connectivity index (χ3v) is 5.23. The number of hydrogen-bond acceptors (Lipinski definition) is 6. The van der Waals surface area contributed by atoms with E-state index in [1.807, 2.05) is 54.3 Å². The van der Waals surface area contributed by atoms with Crippen molar-refractivity contribution in [2.45, 2.75) is 39.0 Å². The summed E-state index contributed by atoms with van der Waals surface area (Å²) in [6.07, 6.45) is 8.98. The van der Waals surface area contributed by atoms with Crippen molar-refractivity contribution >= 4 is 29.3 Å². The van der Waals surface area contributed by atoms with Gasteiger partial charge in [0.1, 0.15) is 5.82 Å². The zero-order chi connectivity index (χ0) is 23.5. The summed E-state index contributed by atoms with van der Waals surface area (Å²) in [6.45, 7) is 2.59. The zero-order valence-corrected chi connectivity index (χ0v) is 19.1. The minimum absolute atomic E-state index is 0.0655. The van der Waals surface area contributed by atoms with E-state index >= 15 is 0 Å². The molecule has 0 aliphatic rings. The number of nitrogens with one attached hydrogen (secondary N) is 2. The normalized spacial score (nSPS) is 10.5. The van der Waals surface area contributed by atoms with Gasteiger partial charge < -0.3 is 10.6 Å². The van der Waals surface area contributed by atoms with Gasteiger partial charge in [-0.05, 0) is 43.5 Å². The molecule has 3 aromatic rings. The summed E-state index contributed by atoms with van der Waals surface area (Å²) in [5, 5.41) is 5.52. The Morgan fingerprint density at radius 2 is 1.64 bits per heavy atom. The van der Waals surface area contributed by atoms with Crippen molar-refractivity contribution in [2.24, 2.45) is 0 Å². The molecule has 1 aromatic carbocycles. The molecule has 8 nitrogen and oxygen atoms in total. The minimum Gasteiger partial charge on any atom is -0.359 e. The highest BCUT2D eigenvalue weighted by molar-refractivity contribution is 5.93. The predicted octanol–water partition coefficient (Wildman–Crippen LogP) is 4.08. The van der Waals surface area contributed by atoms with Gasteiger partial charge in [-0.2, -0.15) is 0 Å². The second-order valence-corrected chi connectivity index (χ2v) is 7.67. The van der Waals surface area contributed by atoms with E-state index in [4.69, 9.17) is 0 Å². The Morgan fingerprint density at radius 1 is 0.909 bits per heavy atom. The molecule has 0 fully saturated rings. The molecule has 3 rings (SSSR count). The quantitative estimate of drug-likeness (QED) is 0.431. The number of aryl methyl sites for hydroxylation is 1. The van der Waals surface area contributed by atoms with E-state index in [0.717, 1.165) is 36.9 Å². The van der Waals surface area contributed by atoms with Crippen LogP contribution in [-0.2, 0) is 4.79 Å². The number of nitrogens with zero attached hydrogens (tertiary/aromatic N) is 4. The minimum atomic E-state index is -0.202. The van der Waals surface area contributed by atoms with Crippen LogP contribution in [0.1, 0.15) is 48.0 Å². The molecule has 0 bridgehead atoms. The number of anilines is 3. The van der Waals surface area contributed by atoms with Crippen molar-refractivity contribution in [2.75, 3.05) is 18.5 Å². The first-order chi connectivity index (χ1) is 16.1. The number of carbonyl (C=O) groups excluding carboxylic acids is 2. The smallest absolute Gasteiger partial charge is 0.254 e. The Hall–Kier alpha value is -3.81. The molecule has 0 aliphatic carbocycles. The van der Waals surface area contributed by atoms with E-state index in [2.05, 4.69) is 25.6 Å². The van der Waals surface area contributed by atoms with Crippen LogP contribution in [-0.4, -0.2) is 40.4 Å². The van der Waals surface area contributed by atoms with Crippen LogP contribution in [0.15, 0.2) is 61.1 Å². The number of amides is 2. The van der Waals surface area contributed by atoms with Gasteiger partial charge in [0.15, 0.2) is 0 Å². The van der Waals surface area contributed by atoms with Gasteiger partial charge >= 0.3 is 0 Å². The Morgan fingerprint density at radius 3 is 2.33 bits per heavy atom. The number of carbonyl (C=O) groups is 2. The molecule has 8 heteroatoms. The highest BCUT2D eigenvalue weighted by Gasteiger charge is 2.18. The summed E-state index contributed by atoms with van der Waals surface area (Å²) in [4.78, 5) is 38.9. The highest BCUT2D eigenvalue weighted by atomic mass is 16.2.